The van der Waals surface area contributed by atoms with E-state index in [0.717, 1.165) is 30.7 Å². The number of nitrogens with two attached hydrogens (primary N) is 1. The normalized spacial score (nSPS) is 24.3. The quantitative estimate of drug-likeness (QED) is 0.731. The molecule has 2 aromatic heterocycles. The second-order valence-electron chi connectivity index (χ2n) is 4.64. The number of rotatable bonds is 3. The summed E-state index contributed by atoms with van der Waals surface area (Å²) in [6.07, 6.45) is 6.60. The molecule has 0 amide bonds. The van der Waals surface area contributed by atoms with Gasteiger partial charge < -0.3 is 16.0 Å². The zero-order valence-corrected chi connectivity index (χ0v) is 9.56. The number of aromatic amines is 1. The van der Waals surface area contributed by atoms with Crippen LogP contribution >= 0.6 is 0 Å². The van der Waals surface area contributed by atoms with Crippen LogP contribution < -0.4 is 11.1 Å². The van der Waals surface area contributed by atoms with E-state index >= 15 is 0 Å². The molecule has 1 aliphatic rings. The van der Waals surface area contributed by atoms with Gasteiger partial charge in [0.05, 0.1) is 6.33 Å². The maximum atomic E-state index is 5.90. The van der Waals surface area contributed by atoms with Gasteiger partial charge in [-0.1, -0.05) is 0 Å². The Morgan fingerprint density at radius 1 is 1.35 bits per heavy atom. The van der Waals surface area contributed by atoms with E-state index in [4.69, 9.17) is 5.73 Å². The highest BCUT2D eigenvalue weighted by Gasteiger charge is 2.21. The van der Waals surface area contributed by atoms with Crippen LogP contribution in [-0.4, -0.2) is 32.5 Å². The summed E-state index contributed by atoms with van der Waals surface area (Å²) in [5.41, 5.74) is 7.47. The van der Waals surface area contributed by atoms with Gasteiger partial charge in [0, 0.05) is 12.6 Å². The number of fused-ring (bicyclic) bond motifs is 1. The van der Waals surface area contributed by atoms with Crippen LogP contribution in [0.2, 0.25) is 0 Å². The first-order chi connectivity index (χ1) is 8.33. The van der Waals surface area contributed by atoms with Crippen molar-refractivity contribution in [3.05, 3.63) is 12.7 Å². The van der Waals surface area contributed by atoms with Crippen molar-refractivity contribution < 1.29 is 0 Å². The SMILES string of the molecule is NC1CCC(CNc2ncnc3nc[nH]c23)C1. The minimum atomic E-state index is 0.374. The maximum Gasteiger partial charge on any atom is 0.182 e. The van der Waals surface area contributed by atoms with Crippen LogP contribution in [0.3, 0.4) is 0 Å². The fraction of sp³-hybridized carbons (Fsp3) is 0.545. The summed E-state index contributed by atoms with van der Waals surface area (Å²) in [6.45, 7) is 0.916. The number of nitrogens with zero attached hydrogens (tertiary/aromatic N) is 3. The van der Waals surface area contributed by atoms with Gasteiger partial charge in [0.25, 0.3) is 0 Å². The van der Waals surface area contributed by atoms with E-state index < -0.39 is 0 Å². The third-order valence-corrected chi connectivity index (χ3v) is 3.36. The minimum Gasteiger partial charge on any atom is -0.368 e. The monoisotopic (exact) mass is 232 g/mol. The second kappa shape index (κ2) is 4.29. The molecule has 3 rings (SSSR count). The molecule has 2 unspecified atom stereocenters. The van der Waals surface area contributed by atoms with Gasteiger partial charge in [0.1, 0.15) is 11.8 Å². The van der Waals surface area contributed by atoms with Crippen LogP contribution in [-0.2, 0) is 0 Å². The van der Waals surface area contributed by atoms with Crippen molar-refractivity contribution in [2.24, 2.45) is 11.7 Å². The van der Waals surface area contributed by atoms with Gasteiger partial charge in [-0.2, -0.15) is 0 Å². The lowest BCUT2D eigenvalue weighted by atomic mass is 10.1. The first-order valence-electron chi connectivity index (χ1n) is 5.96. The predicted molar refractivity (Wildman–Crippen MR) is 65.5 cm³/mol. The number of imidazole rings is 1. The average molecular weight is 232 g/mol. The largest absolute Gasteiger partial charge is 0.368 e. The Bertz CT molecular complexity index is 507. The Balaban J connectivity index is 1.70. The summed E-state index contributed by atoms with van der Waals surface area (Å²) in [4.78, 5) is 15.5. The fourth-order valence-corrected chi connectivity index (χ4v) is 2.44. The number of aromatic nitrogens is 4. The Labute approximate surface area is 99.1 Å². The number of anilines is 1. The molecule has 0 aliphatic heterocycles. The zero-order valence-electron chi connectivity index (χ0n) is 9.56. The number of H-pyrrole nitrogens is 1. The topological polar surface area (TPSA) is 92.5 Å². The first kappa shape index (κ1) is 10.5. The van der Waals surface area contributed by atoms with E-state index in [1.54, 1.807) is 6.33 Å². The van der Waals surface area contributed by atoms with Crippen molar-refractivity contribution >= 4 is 17.0 Å². The number of nitrogens with one attached hydrogen (secondary N) is 2. The minimum absolute atomic E-state index is 0.374. The first-order valence-corrected chi connectivity index (χ1v) is 5.96. The molecule has 6 heteroatoms. The van der Waals surface area contributed by atoms with Gasteiger partial charge in [-0.15, -0.1) is 0 Å². The van der Waals surface area contributed by atoms with E-state index in [1.807, 2.05) is 0 Å². The molecule has 1 fully saturated rings. The van der Waals surface area contributed by atoms with Crippen molar-refractivity contribution in [3.8, 4) is 0 Å². The zero-order chi connectivity index (χ0) is 11.7. The van der Waals surface area contributed by atoms with Gasteiger partial charge in [-0.3, -0.25) is 0 Å². The van der Waals surface area contributed by atoms with Crippen LogP contribution in [0.1, 0.15) is 19.3 Å². The molecule has 2 atom stereocenters. The van der Waals surface area contributed by atoms with E-state index in [-0.39, 0.29) is 0 Å². The lowest BCUT2D eigenvalue weighted by Gasteiger charge is -2.11. The third kappa shape index (κ3) is 2.08. The van der Waals surface area contributed by atoms with Gasteiger partial charge in [0.15, 0.2) is 11.5 Å². The summed E-state index contributed by atoms with van der Waals surface area (Å²) in [5, 5.41) is 3.36. The van der Waals surface area contributed by atoms with E-state index in [2.05, 4.69) is 25.3 Å². The standard InChI is InChI=1S/C11H16N6/c12-8-2-1-7(3-8)4-13-10-9-11(15-5-14-9)17-6-16-10/h5-8H,1-4,12H2,(H2,13,14,15,16,17). The van der Waals surface area contributed by atoms with Crippen LogP contribution in [0, 0.1) is 5.92 Å². The van der Waals surface area contributed by atoms with Crippen molar-refractivity contribution in [3.63, 3.8) is 0 Å². The number of hydrogen-bond donors (Lipinski definition) is 3. The Kier molecular flexibility index (Phi) is 2.64. The maximum absolute atomic E-state index is 5.90. The molecule has 0 radical (unpaired) electrons. The molecule has 2 heterocycles. The molecule has 2 aromatic rings. The molecule has 0 spiro atoms. The molecule has 90 valence electrons. The lowest BCUT2D eigenvalue weighted by Crippen LogP contribution is -2.18. The smallest absolute Gasteiger partial charge is 0.182 e. The van der Waals surface area contributed by atoms with Crippen LogP contribution in [0.15, 0.2) is 12.7 Å². The molecule has 1 saturated carbocycles. The highest BCUT2D eigenvalue weighted by Crippen LogP contribution is 2.24. The molecule has 17 heavy (non-hydrogen) atoms. The predicted octanol–water partition coefficient (Wildman–Crippen LogP) is 0.892. The summed E-state index contributed by atoms with van der Waals surface area (Å²) in [5.74, 6) is 1.48. The molecule has 0 aromatic carbocycles. The lowest BCUT2D eigenvalue weighted by molar-refractivity contribution is 0.565. The molecule has 4 N–H and O–H groups in total. The Hall–Kier alpha value is -1.69. The van der Waals surface area contributed by atoms with Crippen molar-refractivity contribution in [1.29, 1.82) is 0 Å². The second-order valence-corrected chi connectivity index (χ2v) is 4.64. The summed E-state index contributed by atoms with van der Waals surface area (Å²) in [7, 11) is 0. The van der Waals surface area contributed by atoms with Gasteiger partial charge in [0.2, 0.25) is 0 Å². The Morgan fingerprint density at radius 2 is 2.29 bits per heavy atom. The van der Waals surface area contributed by atoms with Crippen LogP contribution in [0.4, 0.5) is 5.82 Å². The van der Waals surface area contributed by atoms with Gasteiger partial charge >= 0.3 is 0 Å². The van der Waals surface area contributed by atoms with E-state index in [1.165, 1.54) is 12.7 Å². The van der Waals surface area contributed by atoms with Crippen LogP contribution in [0.5, 0.6) is 0 Å². The summed E-state index contributed by atoms with van der Waals surface area (Å²) >= 11 is 0. The van der Waals surface area contributed by atoms with E-state index in [9.17, 15) is 0 Å². The summed E-state index contributed by atoms with van der Waals surface area (Å²) < 4.78 is 0. The van der Waals surface area contributed by atoms with Gasteiger partial charge in [-0.05, 0) is 25.2 Å². The van der Waals surface area contributed by atoms with Crippen molar-refractivity contribution in [1.82, 2.24) is 19.9 Å². The third-order valence-electron chi connectivity index (χ3n) is 3.36. The molecule has 1 aliphatic carbocycles. The average Bonchev–Trinajstić information content (AvgIpc) is 2.94. The molecule has 0 bridgehead atoms. The van der Waals surface area contributed by atoms with Crippen molar-refractivity contribution in [2.75, 3.05) is 11.9 Å². The highest BCUT2D eigenvalue weighted by atomic mass is 15.1. The molecular weight excluding hydrogens is 216 g/mol. The highest BCUT2D eigenvalue weighted by molar-refractivity contribution is 5.81. The fourth-order valence-electron chi connectivity index (χ4n) is 2.44. The van der Waals surface area contributed by atoms with Crippen molar-refractivity contribution in [2.45, 2.75) is 25.3 Å². The Morgan fingerprint density at radius 3 is 3.12 bits per heavy atom. The number of hydrogen-bond acceptors (Lipinski definition) is 5. The summed E-state index contributed by atoms with van der Waals surface area (Å²) in [6, 6.07) is 0.374. The molecule has 6 nitrogen and oxygen atoms in total. The van der Waals surface area contributed by atoms with Gasteiger partial charge in [-0.25, -0.2) is 15.0 Å². The van der Waals surface area contributed by atoms with E-state index in [0.29, 0.717) is 17.6 Å². The molecule has 0 saturated heterocycles. The molecular formula is C11H16N6. The van der Waals surface area contributed by atoms with Crippen LogP contribution in [0.25, 0.3) is 11.2 Å².